The maximum Gasteiger partial charge on any atom is 0.417 e. The van der Waals surface area contributed by atoms with Gasteiger partial charge in [0.2, 0.25) is 12.2 Å². The third kappa shape index (κ3) is 2.82. The van der Waals surface area contributed by atoms with E-state index < -0.39 is 11.7 Å². The van der Waals surface area contributed by atoms with Gasteiger partial charge in [-0.25, -0.2) is 4.98 Å². The molecule has 9 heteroatoms. The zero-order valence-corrected chi connectivity index (χ0v) is 10.9. The second-order valence-electron chi connectivity index (χ2n) is 4.58. The van der Waals surface area contributed by atoms with Gasteiger partial charge in [0, 0.05) is 32.4 Å². The summed E-state index contributed by atoms with van der Waals surface area (Å²) in [4.78, 5) is 9.72. The number of alkyl halides is 3. The van der Waals surface area contributed by atoms with E-state index in [4.69, 9.17) is 0 Å². The molecule has 3 rings (SSSR count). The highest BCUT2D eigenvalue weighted by Crippen LogP contribution is 2.34. The van der Waals surface area contributed by atoms with Crippen molar-refractivity contribution in [3.63, 3.8) is 0 Å². The number of aromatic nitrogens is 3. The monoisotopic (exact) mass is 299 g/mol. The number of hydrogen-bond acceptors (Lipinski definition) is 6. The average Bonchev–Trinajstić information content (AvgIpc) is 3.01. The first-order chi connectivity index (χ1) is 10.1. The summed E-state index contributed by atoms with van der Waals surface area (Å²) in [6.07, 6.45) is -2.55. The van der Waals surface area contributed by atoms with Gasteiger partial charge < -0.3 is 14.7 Å². The summed E-state index contributed by atoms with van der Waals surface area (Å²) in [6.45, 7) is 2.80. The Balaban J connectivity index is 2.06. The van der Waals surface area contributed by atoms with Crippen LogP contribution in [0.1, 0.15) is 5.56 Å². The van der Waals surface area contributed by atoms with Crippen LogP contribution in [0.2, 0.25) is 0 Å². The lowest BCUT2D eigenvalue weighted by Gasteiger charge is -2.29. The summed E-state index contributed by atoms with van der Waals surface area (Å²) in [5.74, 6) is 0.535. The lowest BCUT2D eigenvalue weighted by Crippen LogP contribution is -2.44. The molecule has 2 aromatic rings. The molecule has 1 aliphatic heterocycles. The van der Waals surface area contributed by atoms with E-state index in [0.717, 1.165) is 31.7 Å². The van der Waals surface area contributed by atoms with Crippen LogP contribution in [0.4, 0.5) is 19.0 Å². The second-order valence-corrected chi connectivity index (χ2v) is 4.58. The van der Waals surface area contributed by atoms with Crippen molar-refractivity contribution < 1.29 is 17.7 Å². The van der Waals surface area contributed by atoms with Crippen LogP contribution >= 0.6 is 0 Å². The van der Waals surface area contributed by atoms with Gasteiger partial charge in [-0.15, -0.1) is 0 Å². The number of halogens is 3. The Bertz CT molecular complexity index is 608. The van der Waals surface area contributed by atoms with Gasteiger partial charge in [-0.1, -0.05) is 5.16 Å². The largest absolute Gasteiger partial charge is 0.417 e. The van der Waals surface area contributed by atoms with Gasteiger partial charge in [-0.05, 0) is 6.07 Å². The Kier molecular flexibility index (Phi) is 3.50. The molecule has 0 amide bonds. The molecule has 2 aromatic heterocycles. The van der Waals surface area contributed by atoms with Gasteiger partial charge in [0.25, 0.3) is 0 Å². The van der Waals surface area contributed by atoms with E-state index in [1.807, 2.05) is 4.90 Å². The van der Waals surface area contributed by atoms with Crippen LogP contribution in [0, 0.1) is 0 Å². The van der Waals surface area contributed by atoms with Gasteiger partial charge in [0.15, 0.2) is 0 Å². The van der Waals surface area contributed by atoms with Crippen molar-refractivity contribution in [3.8, 4) is 11.4 Å². The summed E-state index contributed by atoms with van der Waals surface area (Å²) in [5.41, 5.74) is -0.610. The fourth-order valence-electron chi connectivity index (χ4n) is 2.20. The Morgan fingerprint density at radius 2 is 1.95 bits per heavy atom. The summed E-state index contributed by atoms with van der Waals surface area (Å²) in [6, 6.07) is 1.01. The minimum Gasteiger partial charge on any atom is -0.353 e. The first-order valence-corrected chi connectivity index (χ1v) is 6.35. The standard InChI is InChI=1S/C12H12F3N5O/c13-12(14,15)8-5-9(10-18-7-21-19-10)11(17-6-8)20-3-1-16-2-4-20/h5-7,16H,1-4H2. The van der Waals surface area contributed by atoms with E-state index in [1.54, 1.807) is 0 Å². The number of pyridine rings is 1. The third-order valence-corrected chi connectivity index (χ3v) is 3.21. The average molecular weight is 299 g/mol. The lowest BCUT2D eigenvalue weighted by atomic mass is 10.1. The molecule has 21 heavy (non-hydrogen) atoms. The number of piperazine rings is 1. The first-order valence-electron chi connectivity index (χ1n) is 6.35. The molecule has 1 aliphatic rings. The minimum absolute atomic E-state index is 0.0992. The molecular formula is C12H12F3N5O. The number of rotatable bonds is 2. The van der Waals surface area contributed by atoms with Crippen molar-refractivity contribution in [2.75, 3.05) is 31.1 Å². The van der Waals surface area contributed by atoms with Crippen molar-refractivity contribution in [1.29, 1.82) is 0 Å². The van der Waals surface area contributed by atoms with Crippen LogP contribution in [-0.4, -0.2) is 41.3 Å². The Hall–Kier alpha value is -2.16. The van der Waals surface area contributed by atoms with Crippen LogP contribution in [0.15, 0.2) is 23.2 Å². The van der Waals surface area contributed by atoms with Crippen LogP contribution in [-0.2, 0) is 6.18 Å². The van der Waals surface area contributed by atoms with Crippen LogP contribution in [0.3, 0.4) is 0 Å². The zero-order chi connectivity index (χ0) is 14.9. The Labute approximate surface area is 118 Å². The zero-order valence-electron chi connectivity index (χ0n) is 10.9. The molecule has 0 radical (unpaired) electrons. The van der Waals surface area contributed by atoms with E-state index in [0.29, 0.717) is 18.9 Å². The minimum atomic E-state index is -4.46. The number of anilines is 1. The van der Waals surface area contributed by atoms with Crippen LogP contribution < -0.4 is 10.2 Å². The van der Waals surface area contributed by atoms with Crippen molar-refractivity contribution in [2.24, 2.45) is 0 Å². The Morgan fingerprint density at radius 3 is 2.57 bits per heavy atom. The predicted octanol–water partition coefficient (Wildman–Crippen LogP) is 1.56. The maximum absolute atomic E-state index is 12.9. The molecule has 1 N–H and O–H groups in total. The van der Waals surface area contributed by atoms with Crippen molar-refractivity contribution >= 4 is 5.82 Å². The van der Waals surface area contributed by atoms with Gasteiger partial charge in [-0.3, -0.25) is 0 Å². The summed E-state index contributed by atoms with van der Waals surface area (Å²) >= 11 is 0. The molecule has 0 bridgehead atoms. The molecule has 0 spiro atoms. The van der Waals surface area contributed by atoms with E-state index >= 15 is 0 Å². The van der Waals surface area contributed by atoms with E-state index in [9.17, 15) is 13.2 Å². The normalized spacial score (nSPS) is 16.2. The Morgan fingerprint density at radius 1 is 1.19 bits per heavy atom. The third-order valence-electron chi connectivity index (χ3n) is 3.21. The van der Waals surface area contributed by atoms with Gasteiger partial charge in [0.1, 0.15) is 5.82 Å². The maximum atomic E-state index is 12.9. The number of nitrogens with zero attached hydrogens (tertiary/aromatic N) is 4. The summed E-state index contributed by atoms with van der Waals surface area (Å²) in [7, 11) is 0. The van der Waals surface area contributed by atoms with E-state index in [2.05, 4.69) is 25.0 Å². The predicted molar refractivity (Wildman–Crippen MR) is 67.6 cm³/mol. The fourth-order valence-corrected chi connectivity index (χ4v) is 2.20. The molecule has 1 fully saturated rings. The smallest absolute Gasteiger partial charge is 0.353 e. The molecule has 6 nitrogen and oxygen atoms in total. The van der Waals surface area contributed by atoms with E-state index in [1.165, 1.54) is 0 Å². The second kappa shape index (κ2) is 5.32. The highest BCUT2D eigenvalue weighted by molar-refractivity contribution is 5.71. The van der Waals surface area contributed by atoms with Gasteiger partial charge in [-0.2, -0.15) is 18.2 Å². The highest BCUT2D eigenvalue weighted by Gasteiger charge is 2.33. The molecule has 112 valence electrons. The molecular weight excluding hydrogens is 287 g/mol. The fraction of sp³-hybridized carbons (Fsp3) is 0.417. The highest BCUT2D eigenvalue weighted by atomic mass is 19.4. The molecule has 0 saturated carbocycles. The quantitative estimate of drug-likeness (QED) is 0.907. The van der Waals surface area contributed by atoms with Crippen molar-refractivity contribution in [2.45, 2.75) is 6.18 Å². The van der Waals surface area contributed by atoms with Gasteiger partial charge >= 0.3 is 6.18 Å². The summed E-state index contributed by atoms with van der Waals surface area (Å²) in [5, 5.41) is 6.80. The molecule has 0 unspecified atom stereocenters. The van der Waals surface area contributed by atoms with Crippen LogP contribution in [0.5, 0.6) is 0 Å². The van der Waals surface area contributed by atoms with Gasteiger partial charge in [0.05, 0.1) is 11.1 Å². The van der Waals surface area contributed by atoms with Crippen LogP contribution in [0.25, 0.3) is 11.4 Å². The van der Waals surface area contributed by atoms with E-state index in [-0.39, 0.29) is 11.4 Å². The molecule has 3 heterocycles. The topological polar surface area (TPSA) is 67.1 Å². The molecule has 0 aromatic carbocycles. The molecule has 1 saturated heterocycles. The van der Waals surface area contributed by atoms with Crippen molar-refractivity contribution in [3.05, 3.63) is 24.2 Å². The first kappa shape index (κ1) is 13.8. The molecule has 0 aliphatic carbocycles. The SMILES string of the molecule is FC(F)(F)c1cnc(N2CCNCC2)c(-c2ncon2)c1. The lowest BCUT2D eigenvalue weighted by molar-refractivity contribution is -0.137. The number of nitrogens with one attached hydrogen (secondary N) is 1. The number of hydrogen-bond donors (Lipinski definition) is 1. The molecule has 0 atom stereocenters. The summed E-state index contributed by atoms with van der Waals surface area (Å²) < 4.78 is 43.2. The van der Waals surface area contributed by atoms with Crippen molar-refractivity contribution in [1.82, 2.24) is 20.4 Å².